The van der Waals surface area contributed by atoms with Gasteiger partial charge in [-0.15, -0.1) is 0 Å². The first-order valence-corrected chi connectivity index (χ1v) is 4.42. The summed E-state index contributed by atoms with van der Waals surface area (Å²) in [5.41, 5.74) is 0. The van der Waals surface area contributed by atoms with Gasteiger partial charge in [-0.2, -0.15) is 0 Å². The van der Waals surface area contributed by atoms with E-state index < -0.39 is 18.2 Å². The van der Waals surface area contributed by atoms with Crippen LogP contribution in [-0.2, 0) is 14.3 Å². The van der Waals surface area contributed by atoms with Crippen LogP contribution in [0.4, 0.5) is 4.39 Å². The quantitative estimate of drug-likeness (QED) is 0.618. The van der Waals surface area contributed by atoms with E-state index in [2.05, 4.69) is 4.74 Å². The number of alkyl halides is 1. The second kappa shape index (κ2) is 4.35. The zero-order valence-electron chi connectivity index (χ0n) is 7.59. The molecule has 0 N–H and O–H groups in total. The van der Waals surface area contributed by atoms with Crippen molar-refractivity contribution >= 4 is 11.8 Å². The number of hydrogen-bond acceptors (Lipinski definition) is 3. The zero-order valence-corrected chi connectivity index (χ0v) is 7.59. The molecule has 1 rings (SSSR count). The minimum absolute atomic E-state index is 0.0612. The lowest BCUT2D eigenvalue weighted by molar-refractivity contribution is -0.163. The highest BCUT2D eigenvalue weighted by molar-refractivity contribution is 5.79. The van der Waals surface area contributed by atoms with Crippen LogP contribution in [0.5, 0.6) is 0 Å². The fourth-order valence-corrected chi connectivity index (χ4v) is 1.54. The molecule has 0 heterocycles. The highest BCUT2D eigenvalue weighted by Gasteiger charge is 2.28. The maximum absolute atomic E-state index is 13.1. The van der Waals surface area contributed by atoms with Crippen LogP contribution in [0.2, 0.25) is 0 Å². The van der Waals surface area contributed by atoms with E-state index in [4.69, 9.17) is 0 Å². The lowest BCUT2D eigenvalue weighted by Gasteiger charge is -2.23. The molecule has 0 aliphatic heterocycles. The smallest absolute Gasteiger partial charge is 0.305 e. The first kappa shape index (κ1) is 10.2. The van der Waals surface area contributed by atoms with Crippen LogP contribution in [0.15, 0.2) is 0 Å². The number of carbonyl (C=O) groups excluding carboxylic acids is 2. The lowest BCUT2D eigenvalue weighted by atomic mass is 9.88. The van der Waals surface area contributed by atoms with E-state index in [1.807, 2.05) is 0 Å². The van der Waals surface area contributed by atoms with Crippen molar-refractivity contribution in [2.45, 2.75) is 39.0 Å². The zero-order chi connectivity index (χ0) is 9.84. The Bertz CT molecular complexity index is 215. The van der Waals surface area contributed by atoms with Gasteiger partial charge in [0.2, 0.25) is 6.36 Å². The molecule has 0 bridgehead atoms. The van der Waals surface area contributed by atoms with Gasteiger partial charge >= 0.3 is 5.97 Å². The largest absolute Gasteiger partial charge is 0.431 e. The van der Waals surface area contributed by atoms with Gasteiger partial charge in [0.05, 0.1) is 0 Å². The first-order chi connectivity index (χ1) is 6.09. The summed E-state index contributed by atoms with van der Waals surface area (Å²) in [6.45, 7) is 1.16. The van der Waals surface area contributed by atoms with Crippen LogP contribution < -0.4 is 0 Å². The summed E-state index contributed by atoms with van der Waals surface area (Å²) < 4.78 is 17.5. The Morgan fingerprint density at radius 3 is 2.92 bits per heavy atom. The molecular weight excluding hydrogens is 175 g/mol. The number of Topliss-reactive ketones (excluding diaryl/α,β-unsaturated/α-hetero) is 1. The van der Waals surface area contributed by atoms with Gasteiger partial charge in [-0.3, -0.25) is 9.59 Å². The lowest BCUT2D eigenvalue weighted by Crippen LogP contribution is -2.27. The third-order valence-corrected chi connectivity index (χ3v) is 2.17. The average Bonchev–Trinajstić information content (AvgIpc) is 2.03. The predicted molar refractivity (Wildman–Crippen MR) is 43.6 cm³/mol. The van der Waals surface area contributed by atoms with Gasteiger partial charge in [0.15, 0.2) is 0 Å². The van der Waals surface area contributed by atoms with E-state index in [-0.39, 0.29) is 12.2 Å². The van der Waals surface area contributed by atoms with Crippen LogP contribution in [0, 0.1) is 5.92 Å². The van der Waals surface area contributed by atoms with Crippen molar-refractivity contribution < 1.29 is 18.7 Å². The minimum Gasteiger partial charge on any atom is -0.431 e. The summed E-state index contributed by atoms with van der Waals surface area (Å²) in [7, 11) is 0. The van der Waals surface area contributed by atoms with Crippen LogP contribution in [0.3, 0.4) is 0 Å². The molecule has 0 amide bonds. The van der Waals surface area contributed by atoms with E-state index in [9.17, 15) is 14.0 Å². The maximum Gasteiger partial charge on any atom is 0.305 e. The van der Waals surface area contributed by atoms with Crippen molar-refractivity contribution in [2.24, 2.45) is 5.92 Å². The normalized spacial score (nSPS) is 25.4. The molecule has 0 radical (unpaired) electrons. The Hall–Kier alpha value is -0.930. The average molecular weight is 188 g/mol. The molecule has 2 atom stereocenters. The van der Waals surface area contributed by atoms with E-state index >= 15 is 0 Å². The van der Waals surface area contributed by atoms with Crippen molar-refractivity contribution in [2.75, 3.05) is 0 Å². The number of halogens is 1. The molecule has 4 heteroatoms. The summed E-state index contributed by atoms with van der Waals surface area (Å²) in [5, 5.41) is 0. The number of carbonyl (C=O) groups is 2. The molecule has 1 aliphatic carbocycles. The van der Waals surface area contributed by atoms with Crippen molar-refractivity contribution in [3.63, 3.8) is 0 Å². The number of esters is 1. The van der Waals surface area contributed by atoms with Gasteiger partial charge in [-0.1, -0.05) is 0 Å². The number of ether oxygens (including phenoxy) is 1. The number of hydrogen-bond donors (Lipinski definition) is 0. The Labute approximate surface area is 76.3 Å². The summed E-state index contributed by atoms with van der Waals surface area (Å²) >= 11 is 0. The monoisotopic (exact) mass is 188 g/mol. The van der Waals surface area contributed by atoms with Crippen molar-refractivity contribution in [3.05, 3.63) is 0 Å². The molecule has 1 saturated carbocycles. The van der Waals surface area contributed by atoms with Crippen molar-refractivity contribution in [3.8, 4) is 0 Å². The van der Waals surface area contributed by atoms with Crippen LogP contribution in [0.25, 0.3) is 0 Å². The first-order valence-electron chi connectivity index (χ1n) is 4.42. The Morgan fingerprint density at radius 1 is 1.69 bits per heavy atom. The van der Waals surface area contributed by atoms with Gasteiger partial charge < -0.3 is 4.74 Å². The van der Waals surface area contributed by atoms with Gasteiger partial charge in [0.1, 0.15) is 5.78 Å². The van der Waals surface area contributed by atoms with Gasteiger partial charge in [-0.25, -0.2) is 4.39 Å². The van der Waals surface area contributed by atoms with Gasteiger partial charge in [-0.05, 0) is 12.8 Å². The van der Waals surface area contributed by atoms with Crippen LogP contribution in [0.1, 0.15) is 32.6 Å². The summed E-state index contributed by atoms with van der Waals surface area (Å²) in [5.74, 6) is -0.998. The molecule has 2 unspecified atom stereocenters. The second-order valence-electron chi connectivity index (χ2n) is 3.36. The van der Waals surface area contributed by atoms with Crippen molar-refractivity contribution in [1.29, 1.82) is 0 Å². The SMILES string of the molecule is CC(=O)OC(F)C1CCCC(=O)C1. The van der Waals surface area contributed by atoms with Gasteiger partial charge in [0, 0.05) is 25.7 Å². The summed E-state index contributed by atoms with van der Waals surface area (Å²) in [6.07, 6.45) is 0.449. The second-order valence-corrected chi connectivity index (χ2v) is 3.36. The van der Waals surface area contributed by atoms with Crippen LogP contribution in [-0.4, -0.2) is 18.1 Å². The minimum atomic E-state index is -1.61. The molecule has 74 valence electrons. The van der Waals surface area contributed by atoms with Crippen LogP contribution >= 0.6 is 0 Å². The molecule has 0 spiro atoms. The van der Waals surface area contributed by atoms with E-state index in [0.717, 1.165) is 6.92 Å². The molecule has 0 saturated heterocycles. The van der Waals surface area contributed by atoms with E-state index in [1.165, 1.54) is 0 Å². The fourth-order valence-electron chi connectivity index (χ4n) is 1.54. The predicted octanol–water partition coefficient (Wildman–Crippen LogP) is 1.60. The molecule has 1 aliphatic rings. The molecule has 1 fully saturated rings. The standard InChI is InChI=1S/C9H13FO3/c1-6(11)13-9(10)7-3-2-4-8(12)5-7/h7,9H,2-5H2,1H3. The van der Waals surface area contributed by atoms with Gasteiger partial charge in [0.25, 0.3) is 0 Å². The van der Waals surface area contributed by atoms with Crippen molar-refractivity contribution in [1.82, 2.24) is 0 Å². The van der Waals surface area contributed by atoms with E-state index in [0.29, 0.717) is 19.3 Å². The Balaban J connectivity index is 2.41. The number of rotatable bonds is 2. The molecular formula is C9H13FO3. The summed E-state index contributed by atoms with van der Waals surface area (Å²) in [6, 6.07) is 0. The third kappa shape index (κ3) is 3.13. The highest BCUT2D eigenvalue weighted by atomic mass is 19.1. The Kier molecular flexibility index (Phi) is 3.39. The van der Waals surface area contributed by atoms with E-state index in [1.54, 1.807) is 0 Å². The topological polar surface area (TPSA) is 43.4 Å². The number of ketones is 1. The molecule has 3 nitrogen and oxygen atoms in total. The highest BCUT2D eigenvalue weighted by Crippen LogP contribution is 2.26. The molecule has 0 aromatic carbocycles. The third-order valence-electron chi connectivity index (χ3n) is 2.17. The Morgan fingerprint density at radius 2 is 2.38 bits per heavy atom. The maximum atomic E-state index is 13.1. The fraction of sp³-hybridized carbons (Fsp3) is 0.778. The molecule has 0 aromatic heterocycles. The summed E-state index contributed by atoms with van der Waals surface area (Å²) in [4.78, 5) is 21.4. The molecule has 0 aromatic rings. The molecule has 13 heavy (non-hydrogen) atoms.